The Kier molecular flexibility index (Phi) is 65.8. The number of hydrogen-bond donors (Lipinski definition) is 0. The molecule has 0 aliphatic carbocycles. The smallest absolute Gasteiger partial charge is 0.00218 e. The maximum atomic E-state index is 2.59. The standard InChI is InChI=1S/C37H77N.C18H38.BrH/c1-4-6-8-10-12-14-16-18-20-22-24-26-28-30-32-34-36-38(3)37-35-33-31-29-27-25-23-21-19-17-15-13-11-9-7-5-2;1-3-5-7-9-11-13-15-17-18-16-14-12-10-8-6-4-2;/h4-37H2,1-3H3;3-18H2,1-2H3;1H/p-1. The molecule has 0 aliphatic heterocycles. The predicted molar refractivity (Wildman–Crippen MR) is 262 cm³/mol. The number of rotatable bonds is 49. The van der Waals surface area contributed by atoms with E-state index in [1.807, 2.05) is 0 Å². The molecular weight excluding hydrogens is 755 g/mol. The molecule has 0 radical (unpaired) electrons. The zero-order valence-electron chi connectivity index (χ0n) is 41.2. The normalized spacial score (nSPS) is 11.3. The van der Waals surface area contributed by atoms with Crippen LogP contribution in [0.4, 0.5) is 0 Å². The maximum Gasteiger partial charge on any atom is -0.00218 e. The van der Waals surface area contributed by atoms with Crippen LogP contribution in [0.2, 0.25) is 0 Å². The van der Waals surface area contributed by atoms with Crippen molar-refractivity contribution in [2.24, 2.45) is 0 Å². The van der Waals surface area contributed by atoms with Crippen molar-refractivity contribution in [3.8, 4) is 0 Å². The van der Waals surface area contributed by atoms with Crippen molar-refractivity contribution in [3.05, 3.63) is 0 Å². The lowest BCUT2D eigenvalue weighted by molar-refractivity contribution is -0.0000126. The molecule has 0 saturated carbocycles. The lowest BCUT2D eigenvalue weighted by Crippen LogP contribution is -3.00. The van der Waals surface area contributed by atoms with E-state index in [-0.39, 0.29) is 17.0 Å². The van der Waals surface area contributed by atoms with Gasteiger partial charge in [-0.3, -0.25) is 0 Å². The molecule has 2 heteroatoms. The Bertz CT molecular complexity index is 570. The van der Waals surface area contributed by atoms with E-state index in [0.29, 0.717) is 0 Å². The predicted octanol–water partition coefficient (Wildman–Crippen LogP) is 17.7. The summed E-state index contributed by atoms with van der Waals surface area (Å²) in [7, 11) is 2.34. The van der Waals surface area contributed by atoms with Gasteiger partial charge in [0.1, 0.15) is 0 Å². The first kappa shape index (κ1) is 61.7. The first-order chi connectivity index (χ1) is 27.7. The molecule has 0 unspecified atom stereocenters. The topological polar surface area (TPSA) is 3.24 Å². The molecule has 57 heavy (non-hydrogen) atoms. The van der Waals surface area contributed by atoms with Gasteiger partial charge in [0.25, 0.3) is 0 Å². The van der Waals surface area contributed by atoms with Crippen LogP contribution in [0.1, 0.15) is 336 Å². The second-order valence-corrected chi connectivity index (χ2v) is 18.9. The highest BCUT2D eigenvalue weighted by Crippen LogP contribution is 2.17. The van der Waals surface area contributed by atoms with E-state index in [1.54, 1.807) is 0 Å². The molecule has 0 bridgehead atoms. The van der Waals surface area contributed by atoms with Crippen LogP contribution in [0.3, 0.4) is 0 Å². The highest BCUT2D eigenvalue weighted by atomic mass is 79.9. The maximum absolute atomic E-state index is 2.59. The minimum Gasteiger partial charge on any atom is -1.00 e. The van der Waals surface area contributed by atoms with Crippen LogP contribution >= 0.6 is 0 Å². The van der Waals surface area contributed by atoms with Crippen LogP contribution in [0.25, 0.3) is 0 Å². The summed E-state index contributed by atoms with van der Waals surface area (Å²) in [6.07, 6.45) is 70.2. The van der Waals surface area contributed by atoms with E-state index < -0.39 is 0 Å². The highest BCUT2D eigenvalue weighted by Gasteiger charge is 2.00. The van der Waals surface area contributed by atoms with E-state index in [9.17, 15) is 0 Å². The monoisotopic (exact) mass is 869 g/mol. The molecule has 0 fully saturated rings. The Balaban J connectivity index is -0.00000129. The van der Waals surface area contributed by atoms with Crippen molar-refractivity contribution in [3.63, 3.8) is 0 Å². The summed E-state index contributed by atoms with van der Waals surface area (Å²) < 4.78 is 0. The van der Waals surface area contributed by atoms with Crippen molar-refractivity contribution in [1.82, 2.24) is 4.90 Å². The Morgan fingerprint density at radius 2 is 0.281 bits per heavy atom. The van der Waals surface area contributed by atoms with Gasteiger partial charge in [0.2, 0.25) is 0 Å². The van der Waals surface area contributed by atoms with Gasteiger partial charge in [0.15, 0.2) is 0 Å². The van der Waals surface area contributed by atoms with E-state index in [0.717, 1.165) is 0 Å². The van der Waals surface area contributed by atoms with Gasteiger partial charge < -0.3 is 21.9 Å². The molecule has 0 heterocycles. The van der Waals surface area contributed by atoms with Crippen LogP contribution in [0.15, 0.2) is 0 Å². The zero-order valence-corrected chi connectivity index (χ0v) is 42.8. The van der Waals surface area contributed by atoms with E-state index in [2.05, 4.69) is 39.6 Å². The van der Waals surface area contributed by atoms with Gasteiger partial charge in [-0.1, -0.05) is 323 Å². The van der Waals surface area contributed by atoms with E-state index >= 15 is 0 Å². The molecule has 0 rings (SSSR count). The molecular formula is C55H115BrN-. The van der Waals surface area contributed by atoms with Crippen LogP contribution in [0, 0.1) is 0 Å². The largest absolute Gasteiger partial charge is 1.00 e. The Labute approximate surface area is 376 Å². The van der Waals surface area contributed by atoms with E-state index in [4.69, 9.17) is 0 Å². The Morgan fingerprint density at radius 1 is 0.175 bits per heavy atom. The molecule has 1 nitrogen and oxygen atoms in total. The fraction of sp³-hybridized carbons (Fsp3) is 1.00. The van der Waals surface area contributed by atoms with Crippen LogP contribution in [0.5, 0.6) is 0 Å². The van der Waals surface area contributed by atoms with Crippen molar-refractivity contribution in [2.75, 3.05) is 20.1 Å². The van der Waals surface area contributed by atoms with Gasteiger partial charge in [-0.25, -0.2) is 0 Å². The molecule has 0 saturated heterocycles. The lowest BCUT2D eigenvalue weighted by Gasteiger charge is -2.16. The SMILES string of the molecule is CCCCCCCCCCCCCCCCCC.CCCCCCCCCCCCCCCCCCN(C)CCCCCCCCCCCCCCCCCC.[Br-]. The van der Waals surface area contributed by atoms with Crippen molar-refractivity contribution >= 4 is 0 Å². The van der Waals surface area contributed by atoms with Crippen molar-refractivity contribution in [2.45, 2.75) is 336 Å². The van der Waals surface area contributed by atoms with Crippen LogP contribution in [-0.2, 0) is 0 Å². The summed E-state index contributed by atoms with van der Waals surface area (Å²) in [6, 6.07) is 0. The summed E-state index contributed by atoms with van der Waals surface area (Å²) in [4.78, 5) is 2.59. The van der Waals surface area contributed by atoms with Gasteiger partial charge >= 0.3 is 0 Å². The molecule has 0 N–H and O–H groups in total. The number of unbranched alkanes of at least 4 members (excludes halogenated alkanes) is 45. The third kappa shape index (κ3) is 63.2. The summed E-state index contributed by atoms with van der Waals surface area (Å²) >= 11 is 0. The van der Waals surface area contributed by atoms with Crippen molar-refractivity contribution in [1.29, 1.82) is 0 Å². The van der Waals surface area contributed by atoms with Gasteiger partial charge in [-0.2, -0.15) is 0 Å². The molecule has 0 aromatic heterocycles. The fourth-order valence-electron chi connectivity index (χ4n) is 8.59. The minimum atomic E-state index is 0. The summed E-state index contributed by atoms with van der Waals surface area (Å²) in [5.74, 6) is 0. The summed E-state index contributed by atoms with van der Waals surface area (Å²) in [6.45, 7) is 11.8. The Hall–Kier alpha value is 0.440. The fourth-order valence-corrected chi connectivity index (χ4v) is 8.59. The van der Waals surface area contributed by atoms with E-state index in [1.165, 1.54) is 321 Å². The molecule has 0 aliphatic rings. The summed E-state index contributed by atoms with van der Waals surface area (Å²) in [5.41, 5.74) is 0. The molecule has 348 valence electrons. The van der Waals surface area contributed by atoms with Gasteiger partial charge in [-0.05, 0) is 33.0 Å². The number of hydrogen-bond acceptors (Lipinski definition) is 1. The van der Waals surface area contributed by atoms with Crippen LogP contribution in [-0.4, -0.2) is 25.0 Å². The average molecular weight is 870 g/mol. The minimum absolute atomic E-state index is 0. The summed E-state index contributed by atoms with van der Waals surface area (Å²) in [5, 5.41) is 0. The quantitative estimate of drug-likeness (QED) is 0.0551. The van der Waals surface area contributed by atoms with Crippen molar-refractivity contribution < 1.29 is 17.0 Å². The lowest BCUT2D eigenvalue weighted by atomic mass is 10.0. The van der Waals surface area contributed by atoms with Gasteiger partial charge in [0, 0.05) is 0 Å². The zero-order chi connectivity index (χ0) is 40.9. The second kappa shape index (κ2) is 60.7. The third-order valence-corrected chi connectivity index (χ3v) is 12.7. The number of nitrogens with zero attached hydrogens (tertiary/aromatic N) is 1. The van der Waals surface area contributed by atoms with Gasteiger partial charge in [-0.15, -0.1) is 0 Å². The number of halogens is 1. The average Bonchev–Trinajstić information content (AvgIpc) is 3.21. The molecule has 0 aromatic carbocycles. The molecule has 0 aromatic rings. The van der Waals surface area contributed by atoms with Crippen LogP contribution < -0.4 is 17.0 Å². The molecule has 0 spiro atoms. The molecule has 0 amide bonds. The second-order valence-electron chi connectivity index (χ2n) is 18.9. The first-order valence-electron chi connectivity index (χ1n) is 27.4. The molecule has 0 atom stereocenters. The highest BCUT2D eigenvalue weighted by molar-refractivity contribution is 4.56. The Morgan fingerprint density at radius 3 is 0.404 bits per heavy atom. The van der Waals surface area contributed by atoms with Gasteiger partial charge in [0.05, 0.1) is 0 Å². The third-order valence-electron chi connectivity index (χ3n) is 12.7. The first-order valence-corrected chi connectivity index (χ1v) is 27.4.